The fraction of sp³-hybridized carbons (Fsp3) is 0.450. The van der Waals surface area contributed by atoms with Gasteiger partial charge in [-0.2, -0.15) is 0 Å². The molecule has 0 unspecified atom stereocenters. The van der Waals surface area contributed by atoms with Gasteiger partial charge < -0.3 is 15.1 Å². The van der Waals surface area contributed by atoms with Crippen LogP contribution in [0.3, 0.4) is 0 Å². The number of amides is 2. The summed E-state index contributed by atoms with van der Waals surface area (Å²) in [6, 6.07) is 4.81. The zero-order chi connectivity index (χ0) is 20.3. The Morgan fingerprint density at radius 1 is 1.29 bits per heavy atom. The molecule has 1 aliphatic rings. The van der Waals surface area contributed by atoms with E-state index < -0.39 is 6.04 Å². The molecule has 1 aromatic carbocycles. The summed E-state index contributed by atoms with van der Waals surface area (Å²) in [5, 5.41) is 6.31. The Balaban J connectivity index is 1.64. The molecule has 2 N–H and O–H groups in total. The number of carbonyl (C=O) groups excluding carboxylic acids is 2. The standard InChI is InChI=1S/C20H25ClN4O3/c1-12-10-15(21)6-7-16(12)23-19(27)18-14(3)28-20(24-18)13(2)22-17(26)11-25-8-4-5-9-25/h6-7,10,13H,4-5,8-9,11H2,1-3H3,(H,22,26)(H,23,27)/t13-/m0/s1. The maximum Gasteiger partial charge on any atom is 0.277 e. The van der Waals surface area contributed by atoms with Gasteiger partial charge in [-0.3, -0.25) is 14.5 Å². The summed E-state index contributed by atoms with van der Waals surface area (Å²) in [6.07, 6.45) is 2.26. The molecule has 0 bridgehead atoms. The Morgan fingerprint density at radius 3 is 2.68 bits per heavy atom. The van der Waals surface area contributed by atoms with Gasteiger partial charge in [0.05, 0.1) is 6.54 Å². The Labute approximate surface area is 169 Å². The number of hydrogen-bond donors (Lipinski definition) is 2. The van der Waals surface area contributed by atoms with E-state index in [1.54, 1.807) is 32.0 Å². The molecule has 1 saturated heterocycles. The van der Waals surface area contributed by atoms with E-state index in [1.807, 2.05) is 6.92 Å². The molecule has 28 heavy (non-hydrogen) atoms. The van der Waals surface area contributed by atoms with Crippen molar-refractivity contribution in [1.29, 1.82) is 0 Å². The van der Waals surface area contributed by atoms with Gasteiger partial charge in [-0.05, 0) is 70.5 Å². The number of anilines is 1. The molecule has 0 radical (unpaired) electrons. The zero-order valence-corrected chi connectivity index (χ0v) is 17.1. The van der Waals surface area contributed by atoms with Crippen molar-refractivity contribution in [2.24, 2.45) is 0 Å². The lowest BCUT2D eigenvalue weighted by molar-refractivity contribution is -0.122. The SMILES string of the molecule is Cc1cc(Cl)ccc1NC(=O)c1nc([C@H](C)NC(=O)CN2CCCC2)oc1C. The predicted molar refractivity (Wildman–Crippen MR) is 108 cm³/mol. The van der Waals surface area contributed by atoms with Crippen molar-refractivity contribution in [3.63, 3.8) is 0 Å². The monoisotopic (exact) mass is 404 g/mol. The van der Waals surface area contributed by atoms with Crippen molar-refractivity contribution in [3.05, 3.63) is 46.1 Å². The highest BCUT2D eigenvalue weighted by Crippen LogP contribution is 2.22. The average molecular weight is 405 g/mol. The highest BCUT2D eigenvalue weighted by molar-refractivity contribution is 6.30. The van der Waals surface area contributed by atoms with Crippen molar-refractivity contribution < 1.29 is 14.0 Å². The van der Waals surface area contributed by atoms with Crippen molar-refractivity contribution >= 4 is 29.1 Å². The van der Waals surface area contributed by atoms with Crippen LogP contribution in [0, 0.1) is 13.8 Å². The van der Waals surface area contributed by atoms with Crippen LogP contribution in [0.5, 0.6) is 0 Å². The van der Waals surface area contributed by atoms with E-state index in [9.17, 15) is 9.59 Å². The van der Waals surface area contributed by atoms with Crippen molar-refractivity contribution in [1.82, 2.24) is 15.2 Å². The Kier molecular flexibility index (Phi) is 6.36. The number of aryl methyl sites for hydroxylation is 2. The Hall–Kier alpha value is -2.38. The smallest absolute Gasteiger partial charge is 0.277 e. The van der Waals surface area contributed by atoms with E-state index in [4.69, 9.17) is 16.0 Å². The molecule has 2 amide bonds. The van der Waals surface area contributed by atoms with Crippen LogP contribution in [0.1, 0.15) is 53.5 Å². The zero-order valence-electron chi connectivity index (χ0n) is 16.3. The van der Waals surface area contributed by atoms with Crippen molar-refractivity contribution in [2.45, 2.75) is 39.7 Å². The third-order valence-corrected chi connectivity index (χ3v) is 5.01. The molecular formula is C20H25ClN4O3. The molecular weight excluding hydrogens is 380 g/mol. The molecule has 1 aromatic heterocycles. The molecule has 1 fully saturated rings. The molecule has 8 heteroatoms. The maximum atomic E-state index is 12.6. The Bertz CT molecular complexity index is 874. The molecule has 2 heterocycles. The summed E-state index contributed by atoms with van der Waals surface area (Å²) < 4.78 is 5.63. The lowest BCUT2D eigenvalue weighted by atomic mass is 10.2. The molecule has 0 saturated carbocycles. The number of likely N-dealkylation sites (tertiary alicyclic amines) is 1. The number of rotatable bonds is 6. The molecule has 150 valence electrons. The number of oxazole rings is 1. The lowest BCUT2D eigenvalue weighted by Crippen LogP contribution is -2.37. The predicted octanol–water partition coefficient (Wildman–Crippen LogP) is 3.47. The largest absolute Gasteiger partial charge is 0.443 e. The summed E-state index contributed by atoms with van der Waals surface area (Å²) in [6.45, 7) is 7.60. The molecule has 0 spiro atoms. The first-order chi connectivity index (χ1) is 13.3. The summed E-state index contributed by atoms with van der Waals surface area (Å²) in [5.74, 6) is 0.270. The van der Waals surface area contributed by atoms with Gasteiger partial charge in [0.1, 0.15) is 11.8 Å². The molecule has 7 nitrogen and oxygen atoms in total. The van der Waals surface area contributed by atoms with Crippen LogP contribution in [0.2, 0.25) is 5.02 Å². The second-order valence-corrected chi connectivity index (χ2v) is 7.58. The second kappa shape index (κ2) is 8.75. The normalized spacial score (nSPS) is 15.4. The topological polar surface area (TPSA) is 87.5 Å². The van der Waals surface area contributed by atoms with E-state index in [0.717, 1.165) is 31.5 Å². The van der Waals surface area contributed by atoms with Crippen LogP contribution in [0.25, 0.3) is 0 Å². The van der Waals surface area contributed by atoms with Gasteiger partial charge in [-0.15, -0.1) is 0 Å². The molecule has 2 aromatic rings. The first kappa shape index (κ1) is 20.4. The van der Waals surface area contributed by atoms with Gasteiger partial charge >= 0.3 is 0 Å². The second-order valence-electron chi connectivity index (χ2n) is 7.14. The number of carbonyl (C=O) groups is 2. The number of halogens is 1. The third kappa shape index (κ3) is 4.91. The van der Waals surface area contributed by atoms with Gasteiger partial charge in [-0.1, -0.05) is 11.6 Å². The number of nitrogens with zero attached hydrogens (tertiary/aromatic N) is 2. The van der Waals surface area contributed by atoms with Gasteiger partial charge in [0.2, 0.25) is 11.8 Å². The number of benzene rings is 1. The van der Waals surface area contributed by atoms with Crippen LogP contribution in [-0.4, -0.2) is 41.3 Å². The minimum atomic E-state index is -0.423. The third-order valence-electron chi connectivity index (χ3n) is 4.78. The van der Waals surface area contributed by atoms with Crippen molar-refractivity contribution in [3.8, 4) is 0 Å². The number of aromatic nitrogens is 1. The lowest BCUT2D eigenvalue weighted by Gasteiger charge is -2.16. The van der Waals surface area contributed by atoms with Crippen LogP contribution < -0.4 is 10.6 Å². The van der Waals surface area contributed by atoms with Gasteiger partial charge in [0, 0.05) is 10.7 Å². The summed E-state index contributed by atoms with van der Waals surface area (Å²) in [7, 11) is 0. The fourth-order valence-electron chi connectivity index (χ4n) is 3.25. The number of hydrogen-bond acceptors (Lipinski definition) is 5. The maximum absolute atomic E-state index is 12.6. The molecule has 1 atom stereocenters. The number of nitrogens with one attached hydrogen (secondary N) is 2. The van der Waals surface area contributed by atoms with Gasteiger partial charge in [0.25, 0.3) is 5.91 Å². The van der Waals surface area contributed by atoms with E-state index in [1.165, 1.54) is 0 Å². The van der Waals surface area contributed by atoms with Crippen molar-refractivity contribution in [2.75, 3.05) is 25.0 Å². The average Bonchev–Trinajstić information content (AvgIpc) is 3.26. The first-order valence-electron chi connectivity index (χ1n) is 9.40. The highest BCUT2D eigenvalue weighted by Gasteiger charge is 2.23. The van der Waals surface area contributed by atoms with Crippen LogP contribution in [0.15, 0.2) is 22.6 Å². The van der Waals surface area contributed by atoms with E-state index >= 15 is 0 Å². The van der Waals surface area contributed by atoms with Gasteiger partial charge in [-0.25, -0.2) is 4.98 Å². The van der Waals surface area contributed by atoms with E-state index in [0.29, 0.717) is 28.9 Å². The first-order valence-corrected chi connectivity index (χ1v) is 9.78. The Morgan fingerprint density at radius 2 is 2.00 bits per heavy atom. The summed E-state index contributed by atoms with van der Waals surface area (Å²) >= 11 is 5.95. The minimum absolute atomic E-state index is 0.0759. The van der Waals surface area contributed by atoms with E-state index in [-0.39, 0.29) is 17.5 Å². The quantitative estimate of drug-likeness (QED) is 0.769. The molecule has 0 aliphatic carbocycles. The van der Waals surface area contributed by atoms with Crippen LogP contribution in [-0.2, 0) is 4.79 Å². The van der Waals surface area contributed by atoms with E-state index in [2.05, 4.69) is 20.5 Å². The molecule has 3 rings (SSSR count). The molecule has 1 aliphatic heterocycles. The minimum Gasteiger partial charge on any atom is -0.443 e. The van der Waals surface area contributed by atoms with Gasteiger partial charge in [0.15, 0.2) is 5.69 Å². The summed E-state index contributed by atoms with van der Waals surface area (Å²) in [4.78, 5) is 31.2. The van der Waals surface area contributed by atoms with Crippen LogP contribution in [0.4, 0.5) is 5.69 Å². The van der Waals surface area contributed by atoms with Crippen LogP contribution >= 0.6 is 11.6 Å². The fourth-order valence-corrected chi connectivity index (χ4v) is 3.48. The highest BCUT2D eigenvalue weighted by atomic mass is 35.5. The summed E-state index contributed by atoms with van der Waals surface area (Å²) in [5.41, 5.74) is 1.71.